The van der Waals surface area contributed by atoms with Crippen LogP contribution in [0.2, 0.25) is 10.0 Å². The van der Waals surface area contributed by atoms with Gasteiger partial charge in [-0.15, -0.1) is 0 Å². The molecule has 0 bridgehead atoms. The van der Waals surface area contributed by atoms with E-state index in [1.807, 2.05) is 0 Å². The molecule has 0 unspecified atom stereocenters. The molecule has 7 nitrogen and oxygen atoms in total. The first-order valence-corrected chi connectivity index (χ1v) is 10.8. The fraction of sp³-hybridized carbons (Fsp3) is 0.261. The van der Waals surface area contributed by atoms with Gasteiger partial charge in [0.1, 0.15) is 10.8 Å². The van der Waals surface area contributed by atoms with Crippen molar-refractivity contribution in [2.24, 2.45) is 7.05 Å². The SMILES string of the molecule is Cc1cc([C@@](O)([C@@H](C)c2ccc(Oc3ncc(C(=O)O)cc3Cl)cc2Cl)C(F)(F)F)cn(C)c1=O. The largest absolute Gasteiger partial charge is 0.478 e. The number of alkyl halides is 3. The van der Waals surface area contributed by atoms with E-state index in [1.54, 1.807) is 0 Å². The zero-order chi connectivity index (χ0) is 26.3. The summed E-state index contributed by atoms with van der Waals surface area (Å²) in [5, 5.41) is 19.8. The van der Waals surface area contributed by atoms with Crippen molar-refractivity contribution in [3.05, 3.63) is 85.4 Å². The number of aromatic nitrogens is 2. The molecule has 35 heavy (non-hydrogen) atoms. The number of aromatic carboxylic acids is 1. The van der Waals surface area contributed by atoms with E-state index < -0.39 is 34.8 Å². The Morgan fingerprint density at radius 3 is 2.34 bits per heavy atom. The molecule has 3 rings (SSSR count). The molecule has 0 aliphatic carbocycles. The highest BCUT2D eigenvalue weighted by Gasteiger charge is 2.59. The van der Waals surface area contributed by atoms with Gasteiger partial charge in [0.25, 0.3) is 5.56 Å². The number of carboxylic acids is 1. The average molecular weight is 531 g/mol. The minimum absolute atomic E-state index is 0.0352. The molecule has 0 fully saturated rings. The summed E-state index contributed by atoms with van der Waals surface area (Å²) < 4.78 is 49.2. The van der Waals surface area contributed by atoms with Crippen LogP contribution in [0.1, 0.15) is 39.9 Å². The molecular weight excluding hydrogens is 512 g/mol. The zero-order valence-electron chi connectivity index (χ0n) is 18.5. The predicted octanol–water partition coefficient (Wildman–Crippen LogP) is 5.44. The Labute approximate surface area is 207 Å². The molecule has 0 aliphatic rings. The van der Waals surface area contributed by atoms with Crippen LogP contribution in [-0.4, -0.2) is 31.9 Å². The molecule has 12 heteroatoms. The molecule has 2 aromatic heterocycles. The second kappa shape index (κ2) is 9.52. The van der Waals surface area contributed by atoms with Crippen LogP contribution >= 0.6 is 23.2 Å². The highest BCUT2D eigenvalue weighted by atomic mass is 35.5. The van der Waals surface area contributed by atoms with Crippen molar-refractivity contribution in [1.82, 2.24) is 9.55 Å². The van der Waals surface area contributed by atoms with E-state index in [-0.39, 0.29) is 38.4 Å². The van der Waals surface area contributed by atoms with Crippen molar-refractivity contribution >= 4 is 29.2 Å². The molecule has 0 amide bonds. The maximum atomic E-state index is 14.3. The molecule has 0 saturated carbocycles. The highest BCUT2D eigenvalue weighted by Crippen LogP contribution is 2.50. The van der Waals surface area contributed by atoms with Crippen molar-refractivity contribution in [2.45, 2.75) is 31.5 Å². The van der Waals surface area contributed by atoms with Gasteiger partial charge in [-0.2, -0.15) is 13.2 Å². The van der Waals surface area contributed by atoms with Gasteiger partial charge < -0.3 is 19.5 Å². The first kappa shape index (κ1) is 26.5. The number of halogens is 5. The summed E-state index contributed by atoms with van der Waals surface area (Å²) in [5.74, 6) is -2.89. The number of aryl methyl sites for hydroxylation is 2. The number of aliphatic hydroxyl groups is 1. The first-order chi connectivity index (χ1) is 16.2. The van der Waals surface area contributed by atoms with Crippen LogP contribution in [0.5, 0.6) is 11.6 Å². The van der Waals surface area contributed by atoms with Crippen molar-refractivity contribution in [1.29, 1.82) is 0 Å². The Kier molecular flexibility index (Phi) is 7.21. The second-order valence-electron chi connectivity index (χ2n) is 7.92. The molecule has 0 radical (unpaired) electrons. The molecule has 0 saturated heterocycles. The summed E-state index contributed by atoms with van der Waals surface area (Å²) in [4.78, 5) is 26.8. The number of ether oxygens (including phenoxy) is 1. The van der Waals surface area contributed by atoms with Gasteiger partial charge >= 0.3 is 12.1 Å². The third-order valence-corrected chi connectivity index (χ3v) is 6.17. The summed E-state index contributed by atoms with van der Waals surface area (Å²) in [7, 11) is 1.29. The molecule has 0 aliphatic heterocycles. The van der Waals surface area contributed by atoms with E-state index in [0.29, 0.717) is 0 Å². The lowest BCUT2D eigenvalue weighted by molar-refractivity contribution is -0.274. The van der Waals surface area contributed by atoms with Crippen LogP contribution < -0.4 is 10.3 Å². The molecule has 1 aromatic carbocycles. The normalized spacial score (nSPS) is 14.3. The van der Waals surface area contributed by atoms with Crippen LogP contribution in [0.25, 0.3) is 0 Å². The van der Waals surface area contributed by atoms with Crippen LogP contribution in [0.3, 0.4) is 0 Å². The van der Waals surface area contributed by atoms with E-state index >= 15 is 0 Å². The smallest absolute Gasteiger partial charge is 0.422 e. The quantitative estimate of drug-likeness (QED) is 0.440. The van der Waals surface area contributed by atoms with Crippen LogP contribution in [-0.2, 0) is 12.6 Å². The Bertz CT molecular complexity index is 1330. The van der Waals surface area contributed by atoms with Gasteiger partial charge in [-0.25, -0.2) is 9.78 Å². The Hall–Kier alpha value is -3.08. The lowest BCUT2D eigenvalue weighted by Crippen LogP contribution is -2.47. The van der Waals surface area contributed by atoms with E-state index in [2.05, 4.69) is 4.98 Å². The number of rotatable bonds is 6. The number of hydrogen-bond donors (Lipinski definition) is 2. The first-order valence-electron chi connectivity index (χ1n) is 9.99. The lowest BCUT2D eigenvalue weighted by Gasteiger charge is -2.37. The Balaban J connectivity index is 2.01. The summed E-state index contributed by atoms with van der Waals surface area (Å²) in [6.45, 7) is 2.52. The van der Waals surface area contributed by atoms with Gasteiger partial charge in [0.05, 0.1) is 5.56 Å². The average Bonchev–Trinajstić information content (AvgIpc) is 2.76. The van der Waals surface area contributed by atoms with Crippen molar-refractivity contribution in [3.8, 4) is 11.6 Å². The van der Waals surface area contributed by atoms with Crippen molar-refractivity contribution in [3.63, 3.8) is 0 Å². The van der Waals surface area contributed by atoms with Gasteiger partial charge in [-0.05, 0) is 36.8 Å². The third-order valence-electron chi connectivity index (χ3n) is 5.57. The van der Waals surface area contributed by atoms with Crippen LogP contribution in [0.4, 0.5) is 13.2 Å². The number of hydrogen-bond acceptors (Lipinski definition) is 5. The van der Waals surface area contributed by atoms with Crippen LogP contribution in [0.15, 0.2) is 47.5 Å². The fourth-order valence-electron chi connectivity index (χ4n) is 3.62. The highest BCUT2D eigenvalue weighted by molar-refractivity contribution is 6.32. The molecule has 2 atom stereocenters. The molecule has 186 valence electrons. The number of carboxylic acid groups (broad SMARTS) is 1. The van der Waals surface area contributed by atoms with E-state index in [0.717, 1.165) is 29.1 Å². The molecule has 0 spiro atoms. The standard InChI is InChI=1S/C23H19Cl2F3N2O5/c1-11-6-14(10-30(3)20(11)31)22(34,23(26,27)28)12(2)16-5-4-15(8-17(16)24)35-19-18(25)7-13(9-29-19)21(32)33/h4-10,12,34H,1-3H3,(H,32,33)/t12-,22-/m0/s1. The van der Waals surface area contributed by atoms with Crippen molar-refractivity contribution in [2.75, 3.05) is 0 Å². The minimum Gasteiger partial charge on any atom is -0.478 e. The summed E-state index contributed by atoms with van der Waals surface area (Å²) >= 11 is 12.3. The lowest BCUT2D eigenvalue weighted by atomic mass is 9.78. The van der Waals surface area contributed by atoms with Gasteiger partial charge in [-0.3, -0.25) is 4.79 Å². The summed E-state index contributed by atoms with van der Waals surface area (Å²) in [6, 6.07) is 5.92. The Morgan fingerprint density at radius 2 is 1.83 bits per heavy atom. The number of carbonyl (C=O) groups is 1. The van der Waals surface area contributed by atoms with E-state index in [1.165, 1.54) is 39.1 Å². The minimum atomic E-state index is -5.11. The molecule has 3 aromatic rings. The zero-order valence-corrected chi connectivity index (χ0v) is 20.0. The van der Waals surface area contributed by atoms with Gasteiger partial charge in [0, 0.05) is 41.5 Å². The van der Waals surface area contributed by atoms with Gasteiger partial charge in [-0.1, -0.05) is 36.2 Å². The Morgan fingerprint density at radius 1 is 1.17 bits per heavy atom. The molecular formula is C23H19Cl2F3N2O5. The maximum Gasteiger partial charge on any atom is 0.422 e. The van der Waals surface area contributed by atoms with E-state index in [9.17, 15) is 27.9 Å². The second-order valence-corrected chi connectivity index (χ2v) is 8.73. The van der Waals surface area contributed by atoms with Crippen molar-refractivity contribution < 1.29 is 32.9 Å². The summed E-state index contributed by atoms with van der Waals surface area (Å²) in [6.07, 6.45) is -3.14. The van der Waals surface area contributed by atoms with Gasteiger partial charge in [0.15, 0.2) is 5.60 Å². The summed E-state index contributed by atoms with van der Waals surface area (Å²) in [5.41, 5.74) is -4.53. The van der Waals surface area contributed by atoms with Gasteiger partial charge in [0.2, 0.25) is 5.88 Å². The monoisotopic (exact) mass is 530 g/mol. The van der Waals surface area contributed by atoms with Crippen LogP contribution in [0, 0.1) is 6.92 Å². The number of benzene rings is 1. The molecule has 2 N–H and O–H groups in total. The maximum absolute atomic E-state index is 14.3. The molecule has 2 heterocycles. The topological polar surface area (TPSA) is 102 Å². The third kappa shape index (κ3) is 5.00. The fourth-order valence-corrected chi connectivity index (χ4v) is 4.16. The van der Waals surface area contributed by atoms with E-state index in [4.69, 9.17) is 33.0 Å². The number of pyridine rings is 2. The number of nitrogens with zero attached hydrogens (tertiary/aromatic N) is 2. The predicted molar refractivity (Wildman–Crippen MR) is 123 cm³/mol.